The van der Waals surface area contributed by atoms with E-state index < -0.39 is 17.6 Å². The van der Waals surface area contributed by atoms with Crippen LogP contribution in [-0.4, -0.2) is 48.6 Å². The lowest BCUT2D eigenvalue weighted by Crippen LogP contribution is -2.47. The van der Waals surface area contributed by atoms with Crippen LogP contribution in [0, 0.1) is 18.2 Å². The molecule has 3 aliphatic rings. The van der Waals surface area contributed by atoms with Crippen molar-refractivity contribution < 1.29 is 27.1 Å². The van der Waals surface area contributed by atoms with Crippen molar-refractivity contribution in [1.29, 1.82) is 0 Å². The van der Waals surface area contributed by atoms with E-state index in [1.807, 2.05) is 12.1 Å². The van der Waals surface area contributed by atoms with Crippen molar-refractivity contribution in [2.24, 2.45) is 5.41 Å². The van der Waals surface area contributed by atoms with Gasteiger partial charge in [0, 0.05) is 31.4 Å². The minimum atomic E-state index is -4.60. The van der Waals surface area contributed by atoms with Gasteiger partial charge in [-0.25, -0.2) is 14.2 Å². The van der Waals surface area contributed by atoms with Crippen LogP contribution in [0.1, 0.15) is 58.3 Å². The Balaban J connectivity index is 1.13. The van der Waals surface area contributed by atoms with Gasteiger partial charge in [0.1, 0.15) is 6.61 Å². The van der Waals surface area contributed by atoms with Crippen LogP contribution in [0.3, 0.4) is 0 Å². The zero-order chi connectivity index (χ0) is 24.8. The molecule has 1 aromatic carbocycles. The second-order valence-electron chi connectivity index (χ2n) is 10.1. The molecule has 0 atom stereocenters. The van der Waals surface area contributed by atoms with Gasteiger partial charge in [-0.1, -0.05) is 6.07 Å². The largest absolute Gasteiger partial charge is 0.457 e. The Labute approximate surface area is 202 Å². The lowest BCUT2D eigenvalue weighted by atomic mass is 9.71. The Morgan fingerprint density at radius 2 is 1.77 bits per heavy atom. The number of carbonyl (C=O) groups is 1. The first-order valence-electron chi connectivity index (χ1n) is 12.1. The number of ether oxygens (including phenoxy) is 1. The molecule has 4 heterocycles. The molecule has 1 aromatic heterocycles. The number of halogens is 4. The molecule has 0 amide bonds. The lowest BCUT2D eigenvalue weighted by Gasteiger charge is -2.47. The van der Waals surface area contributed by atoms with Gasteiger partial charge in [0.2, 0.25) is 0 Å². The fourth-order valence-corrected chi connectivity index (χ4v) is 5.71. The van der Waals surface area contributed by atoms with Crippen LogP contribution in [-0.2, 0) is 23.9 Å². The molecule has 0 aliphatic carbocycles. The van der Waals surface area contributed by atoms with Crippen LogP contribution in [0.2, 0.25) is 0 Å². The van der Waals surface area contributed by atoms with Gasteiger partial charge in [-0.2, -0.15) is 13.2 Å². The highest BCUT2D eigenvalue weighted by Gasteiger charge is 2.39. The van der Waals surface area contributed by atoms with E-state index in [2.05, 4.69) is 16.8 Å². The van der Waals surface area contributed by atoms with Crippen molar-refractivity contribution in [3.05, 3.63) is 58.0 Å². The first-order chi connectivity index (χ1) is 16.7. The van der Waals surface area contributed by atoms with Gasteiger partial charge in [0.25, 0.3) is 0 Å². The SMILES string of the molecule is Cc1c(CCN2CCC3(CC2)CCN(c2ncc(C(F)(F)F)cc2F)CC3)ccc2c1COC2=O. The van der Waals surface area contributed by atoms with E-state index in [0.717, 1.165) is 69.1 Å². The molecule has 9 heteroatoms. The number of nitrogens with zero attached hydrogens (tertiary/aromatic N) is 3. The number of pyridine rings is 1. The van der Waals surface area contributed by atoms with E-state index in [0.29, 0.717) is 31.3 Å². The van der Waals surface area contributed by atoms with Crippen molar-refractivity contribution >= 4 is 11.8 Å². The highest BCUT2D eigenvalue weighted by Crippen LogP contribution is 2.42. The summed E-state index contributed by atoms with van der Waals surface area (Å²) in [5.74, 6) is -1.13. The molecule has 0 saturated carbocycles. The Kier molecular flexibility index (Phi) is 6.23. The molecule has 0 unspecified atom stereocenters. The topological polar surface area (TPSA) is 45.7 Å². The monoisotopic (exact) mass is 491 g/mol. The molecule has 2 aromatic rings. The van der Waals surface area contributed by atoms with E-state index in [1.165, 1.54) is 5.56 Å². The van der Waals surface area contributed by atoms with Gasteiger partial charge in [0.05, 0.1) is 11.1 Å². The number of hydrogen-bond donors (Lipinski definition) is 0. The van der Waals surface area contributed by atoms with Crippen molar-refractivity contribution in [3.8, 4) is 0 Å². The summed E-state index contributed by atoms with van der Waals surface area (Å²) >= 11 is 0. The fraction of sp³-hybridized carbons (Fsp3) is 0.538. The summed E-state index contributed by atoms with van der Waals surface area (Å²) in [6, 6.07) is 4.45. The molecule has 5 rings (SSSR count). The average Bonchev–Trinajstić information content (AvgIpc) is 3.21. The van der Waals surface area contributed by atoms with Crippen LogP contribution >= 0.6 is 0 Å². The van der Waals surface area contributed by atoms with E-state index in [9.17, 15) is 22.4 Å². The van der Waals surface area contributed by atoms with Gasteiger partial charge in [0.15, 0.2) is 11.6 Å². The first-order valence-corrected chi connectivity index (χ1v) is 12.1. The van der Waals surface area contributed by atoms with Gasteiger partial charge >= 0.3 is 12.1 Å². The Hall–Kier alpha value is -2.68. The second-order valence-corrected chi connectivity index (χ2v) is 10.1. The molecule has 5 nitrogen and oxygen atoms in total. The number of alkyl halides is 3. The number of rotatable bonds is 4. The quantitative estimate of drug-likeness (QED) is 0.438. The first kappa shape index (κ1) is 24.0. The Bertz CT molecular complexity index is 1120. The Morgan fingerprint density at radius 3 is 2.43 bits per heavy atom. The van der Waals surface area contributed by atoms with E-state index in [4.69, 9.17) is 4.74 Å². The van der Waals surface area contributed by atoms with Crippen LogP contribution < -0.4 is 4.90 Å². The standard InChI is InChI=1S/C26H29F4N3O2/c1-17-18(2-3-20-21(17)16-35-24(20)34)4-9-32-10-5-25(6-11-32)7-12-33(13-8-25)23-22(27)14-19(15-31-23)26(28,29)30/h2-3,14-15H,4-13,16H2,1H3. The maximum absolute atomic E-state index is 14.4. The molecule has 0 bridgehead atoms. The van der Waals surface area contributed by atoms with Crippen LogP contribution in [0.15, 0.2) is 24.4 Å². The summed E-state index contributed by atoms with van der Waals surface area (Å²) in [6.45, 7) is 6.58. The number of esters is 1. The van der Waals surface area contributed by atoms with Crippen molar-refractivity contribution in [1.82, 2.24) is 9.88 Å². The summed E-state index contributed by atoms with van der Waals surface area (Å²) in [5, 5.41) is 0. The van der Waals surface area contributed by atoms with Gasteiger partial charge < -0.3 is 14.5 Å². The predicted molar refractivity (Wildman–Crippen MR) is 123 cm³/mol. The summed E-state index contributed by atoms with van der Waals surface area (Å²) in [5.41, 5.74) is 3.24. The van der Waals surface area contributed by atoms with Gasteiger partial charge in [-0.05, 0) is 80.8 Å². The number of fused-ring (bicyclic) bond motifs is 1. The van der Waals surface area contributed by atoms with E-state index in [-0.39, 0.29) is 17.2 Å². The average molecular weight is 492 g/mol. The molecule has 1 spiro atoms. The number of cyclic esters (lactones) is 1. The van der Waals surface area contributed by atoms with Crippen molar-refractivity contribution in [3.63, 3.8) is 0 Å². The molecular formula is C26H29F4N3O2. The second kappa shape index (κ2) is 9.08. The van der Waals surface area contributed by atoms with Crippen molar-refractivity contribution in [2.75, 3.05) is 37.6 Å². The third-order valence-electron chi connectivity index (χ3n) is 8.16. The summed E-state index contributed by atoms with van der Waals surface area (Å²) in [4.78, 5) is 19.8. The number of aromatic nitrogens is 1. The van der Waals surface area contributed by atoms with E-state index in [1.54, 1.807) is 4.90 Å². The number of hydrogen-bond acceptors (Lipinski definition) is 5. The Morgan fingerprint density at radius 1 is 1.09 bits per heavy atom. The van der Waals surface area contributed by atoms with Crippen LogP contribution in [0.5, 0.6) is 0 Å². The summed E-state index contributed by atoms with van der Waals surface area (Å²) in [6.07, 6.45) is 0.952. The summed E-state index contributed by atoms with van der Waals surface area (Å²) in [7, 11) is 0. The molecule has 2 fully saturated rings. The highest BCUT2D eigenvalue weighted by atomic mass is 19.4. The predicted octanol–water partition coefficient (Wildman–Crippen LogP) is 5.14. The van der Waals surface area contributed by atoms with Gasteiger partial charge in [-0.15, -0.1) is 0 Å². The van der Waals surface area contributed by atoms with Crippen LogP contribution in [0.4, 0.5) is 23.4 Å². The third kappa shape index (κ3) is 4.75. The minimum absolute atomic E-state index is 0.0158. The zero-order valence-corrected chi connectivity index (χ0v) is 19.8. The summed E-state index contributed by atoms with van der Waals surface area (Å²) < 4.78 is 57.9. The molecule has 2 saturated heterocycles. The number of carbonyl (C=O) groups excluding carboxylic acids is 1. The molecule has 0 N–H and O–H groups in total. The molecule has 0 radical (unpaired) electrons. The lowest BCUT2D eigenvalue weighted by molar-refractivity contribution is -0.138. The smallest absolute Gasteiger partial charge is 0.417 e. The molecular weight excluding hydrogens is 462 g/mol. The number of piperidine rings is 2. The third-order valence-corrected chi connectivity index (χ3v) is 8.16. The molecule has 188 valence electrons. The zero-order valence-electron chi connectivity index (χ0n) is 19.8. The normalized spacial score (nSPS) is 20.3. The minimum Gasteiger partial charge on any atom is -0.457 e. The molecule has 35 heavy (non-hydrogen) atoms. The van der Waals surface area contributed by atoms with Gasteiger partial charge in [-0.3, -0.25) is 0 Å². The fourth-order valence-electron chi connectivity index (χ4n) is 5.71. The van der Waals surface area contributed by atoms with Crippen molar-refractivity contribution in [2.45, 2.75) is 51.8 Å². The maximum Gasteiger partial charge on any atom is 0.417 e. The molecule has 3 aliphatic heterocycles. The number of benzene rings is 1. The van der Waals surface area contributed by atoms with Crippen LogP contribution in [0.25, 0.3) is 0 Å². The number of likely N-dealkylation sites (tertiary alicyclic amines) is 1. The number of anilines is 1. The van der Waals surface area contributed by atoms with E-state index >= 15 is 0 Å². The maximum atomic E-state index is 14.4. The highest BCUT2D eigenvalue weighted by molar-refractivity contribution is 5.93.